The summed E-state index contributed by atoms with van der Waals surface area (Å²) in [7, 11) is 0. The van der Waals surface area contributed by atoms with E-state index in [4.69, 9.17) is 4.42 Å². The van der Waals surface area contributed by atoms with Gasteiger partial charge in [0.15, 0.2) is 0 Å². The largest absolute Gasteiger partial charge is 0.456 e. The molecule has 0 fully saturated rings. The van der Waals surface area contributed by atoms with Crippen molar-refractivity contribution < 1.29 is 4.42 Å². The van der Waals surface area contributed by atoms with Gasteiger partial charge in [0.2, 0.25) is 0 Å². The van der Waals surface area contributed by atoms with E-state index in [1.165, 1.54) is 21.5 Å². The average Bonchev–Trinajstić information content (AvgIpc) is 3.32. The summed E-state index contributed by atoms with van der Waals surface area (Å²) in [5.41, 5.74) is 6.31. The van der Waals surface area contributed by atoms with Gasteiger partial charge in [-0.15, -0.1) is 0 Å². The quantitative estimate of drug-likeness (QED) is 0.267. The minimum absolute atomic E-state index is 0.599. The zero-order valence-corrected chi connectivity index (χ0v) is 18.7. The molecule has 2 heterocycles. The Kier molecular flexibility index (Phi) is 4.21. The molecule has 7 rings (SSSR count). The van der Waals surface area contributed by atoms with Crippen LogP contribution in [-0.4, -0.2) is 4.98 Å². The van der Waals surface area contributed by atoms with Crippen molar-refractivity contribution >= 4 is 43.5 Å². The highest BCUT2D eigenvalue weighted by Crippen LogP contribution is 2.42. The Labute approximate surface area is 201 Å². The topological polar surface area (TPSA) is 49.8 Å². The summed E-state index contributed by atoms with van der Waals surface area (Å²) in [5.74, 6) is 0. The monoisotopic (exact) mass is 446 g/mol. The van der Waals surface area contributed by atoms with Crippen molar-refractivity contribution in [2.24, 2.45) is 0 Å². The molecule has 0 N–H and O–H groups in total. The van der Waals surface area contributed by atoms with Crippen molar-refractivity contribution in [2.75, 3.05) is 0 Å². The lowest BCUT2D eigenvalue weighted by molar-refractivity contribution is 0.669. The first-order valence-electron chi connectivity index (χ1n) is 11.5. The second-order valence-electron chi connectivity index (χ2n) is 8.73. The first kappa shape index (κ1) is 19.5. The van der Waals surface area contributed by atoms with E-state index in [0.717, 1.165) is 44.3 Å². The van der Waals surface area contributed by atoms with E-state index < -0.39 is 0 Å². The molecule has 0 radical (unpaired) electrons. The number of aromatic nitrogens is 1. The molecule has 7 aromatic rings. The van der Waals surface area contributed by atoms with Gasteiger partial charge in [-0.2, -0.15) is 5.26 Å². The van der Waals surface area contributed by atoms with Crippen LogP contribution in [0.5, 0.6) is 0 Å². The number of benzene rings is 5. The van der Waals surface area contributed by atoms with E-state index in [-0.39, 0.29) is 0 Å². The van der Waals surface area contributed by atoms with Crippen molar-refractivity contribution in [1.82, 2.24) is 4.98 Å². The van der Waals surface area contributed by atoms with Crippen LogP contribution in [0, 0.1) is 11.3 Å². The molecule has 0 aliphatic carbocycles. The van der Waals surface area contributed by atoms with E-state index in [9.17, 15) is 5.26 Å². The minimum Gasteiger partial charge on any atom is -0.456 e. The van der Waals surface area contributed by atoms with Gasteiger partial charge < -0.3 is 4.42 Å². The van der Waals surface area contributed by atoms with Gasteiger partial charge >= 0.3 is 0 Å². The standard InChI is InChI=1S/C32H18N2O/c33-19-20-14-15-34-28(16-20)23-8-5-7-22(17-23)27-18-30-32(26-11-4-3-10-25(26)27)31-24-9-2-1-6-21(24)12-13-29(31)35-30/h1-18H. The molecule has 35 heavy (non-hydrogen) atoms. The second kappa shape index (κ2) is 7.55. The van der Waals surface area contributed by atoms with Crippen LogP contribution in [-0.2, 0) is 0 Å². The second-order valence-corrected chi connectivity index (χ2v) is 8.73. The van der Waals surface area contributed by atoms with Gasteiger partial charge in [-0.05, 0) is 63.0 Å². The predicted molar refractivity (Wildman–Crippen MR) is 142 cm³/mol. The third-order valence-corrected chi connectivity index (χ3v) is 6.73. The summed E-state index contributed by atoms with van der Waals surface area (Å²) < 4.78 is 6.43. The Balaban J connectivity index is 1.53. The Hall–Kier alpha value is -4.94. The van der Waals surface area contributed by atoms with Crippen LogP contribution in [0.1, 0.15) is 5.56 Å². The summed E-state index contributed by atoms with van der Waals surface area (Å²) in [6.45, 7) is 0. The molecule has 162 valence electrons. The van der Waals surface area contributed by atoms with Gasteiger partial charge in [-0.3, -0.25) is 4.98 Å². The third-order valence-electron chi connectivity index (χ3n) is 6.73. The number of nitriles is 1. The number of rotatable bonds is 2. The fourth-order valence-corrected chi connectivity index (χ4v) is 5.14. The molecule has 0 atom stereocenters. The van der Waals surface area contributed by atoms with Crippen molar-refractivity contribution in [3.05, 3.63) is 115 Å². The van der Waals surface area contributed by atoms with Crippen LogP contribution < -0.4 is 0 Å². The summed E-state index contributed by atoms with van der Waals surface area (Å²) >= 11 is 0. The Morgan fingerprint density at radius 2 is 1.40 bits per heavy atom. The first-order chi connectivity index (χ1) is 17.3. The van der Waals surface area contributed by atoms with Gasteiger partial charge in [0.05, 0.1) is 17.3 Å². The molecule has 0 saturated carbocycles. The van der Waals surface area contributed by atoms with Crippen molar-refractivity contribution in [3.8, 4) is 28.5 Å². The number of pyridine rings is 1. The lowest BCUT2D eigenvalue weighted by Gasteiger charge is -2.10. The van der Waals surface area contributed by atoms with Crippen molar-refractivity contribution in [2.45, 2.75) is 0 Å². The molecule has 0 aliphatic heterocycles. The van der Waals surface area contributed by atoms with E-state index in [0.29, 0.717) is 5.56 Å². The molecular formula is C32H18N2O. The van der Waals surface area contributed by atoms with Gasteiger partial charge in [-0.25, -0.2) is 0 Å². The number of hydrogen-bond donors (Lipinski definition) is 0. The van der Waals surface area contributed by atoms with Crippen LogP contribution in [0.25, 0.3) is 65.9 Å². The smallest absolute Gasteiger partial charge is 0.136 e. The highest BCUT2D eigenvalue weighted by Gasteiger charge is 2.17. The van der Waals surface area contributed by atoms with Gasteiger partial charge in [0.25, 0.3) is 0 Å². The van der Waals surface area contributed by atoms with Crippen molar-refractivity contribution in [3.63, 3.8) is 0 Å². The lowest BCUT2D eigenvalue weighted by atomic mass is 9.93. The number of nitrogens with zero attached hydrogens (tertiary/aromatic N) is 2. The molecular weight excluding hydrogens is 428 g/mol. The molecule has 3 nitrogen and oxygen atoms in total. The first-order valence-corrected chi connectivity index (χ1v) is 11.5. The Morgan fingerprint density at radius 1 is 0.629 bits per heavy atom. The molecule has 0 amide bonds. The predicted octanol–water partition coefficient (Wildman–Crippen LogP) is 8.49. The summed E-state index contributed by atoms with van der Waals surface area (Å²) in [5, 5.41) is 16.4. The van der Waals surface area contributed by atoms with Gasteiger partial charge in [0.1, 0.15) is 11.2 Å². The maximum absolute atomic E-state index is 9.30. The number of furan rings is 1. The van der Waals surface area contributed by atoms with E-state index >= 15 is 0 Å². The highest BCUT2D eigenvalue weighted by atomic mass is 16.3. The summed E-state index contributed by atoms with van der Waals surface area (Å²) in [6, 6.07) is 37.4. The van der Waals surface area contributed by atoms with Crippen LogP contribution in [0.2, 0.25) is 0 Å². The fourth-order valence-electron chi connectivity index (χ4n) is 5.14. The molecule has 0 bridgehead atoms. The van der Waals surface area contributed by atoms with Gasteiger partial charge in [0, 0.05) is 22.5 Å². The molecule has 3 heteroatoms. The molecule has 0 saturated heterocycles. The lowest BCUT2D eigenvalue weighted by Crippen LogP contribution is -1.87. The Bertz CT molecular complexity index is 1970. The molecule has 5 aromatic carbocycles. The fraction of sp³-hybridized carbons (Fsp3) is 0. The maximum atomic E-state index is 9.30. The van der Waals surface area contributed by atoms with Crippen LogP contribution in [0.4, 0.5) is 0 Å². The number of fused-ring (bicyclic) bond motifs is 7. The van der Waals surface area contributed by atoms with Crippen LogP contribution in [0.15, 0.2) is 114 Å². The summed E-state index contributed by atoms with van der Waals surface area (Å²) in [6.07, 6.45) is 1.68. The molecule has 0 aliphatic rings. The van der Waals surface area contributed by atoms with E-state index in [1.807, 2.05) is 18.2 Å². The van der Waals surface area contributed by atoms with Crippen molar-refractivity contribution in [1.29, 1.82) is 5.26 Å². The molecule has 0 unspecified atom stereocenters. The third kappa shape index (κ3) is 3.01. The van der Waals surface area contributed by atoms with Gasteiger partial charge in [-0.1, -0.05) is 72.8 Å². The summed E-state index contributed by atoms with van der Waals surface area (Å²) in [4.78, 5) is 4.49. The minimum atomic E-state index is 0.599. The highest BCUT2D eigenvalue weighted by molar-refractivity contribution is 6.28. The zero-order chi connectivity index (χ0) is 23.4. The number of hydrogen-bond acceptors (Lipinski definition) is 3. The van der Waals surface area contributed by atoms with Crippen LogP contribution in [0.3, 0.4) is 0 Å². The van der Waals surface area contributed by atoms with E-state index in [1.54, 1.807) is 12.3 Å². The Morgan fingerprint density at radius 3 is 2.29 bits per heavy atom. The SMILES string of the molecule is N#Cc1ccnc(-c2cccc(-c3cc4oc5ccc6ccccc6c5c4c4ccccc34)c2)c1. The van der Waals surface area contributed by atoms with E-state index in [2.05, 4.69) is 89.9 Å². The average molecular weight is 447 g/mol. The molecule has 2 aromatic heterocycles. The molecule has 0 spiro atoms. The normalized spacial score (nSPS) is 11.4. The zero-order valence-electron chi connectivity index (χ0n) is 18.7. The van der Waals surface area contributed by atoms with Crippen LogP contribution >= 0.6 is 0 Å². The maximum Gasteiger partial charge on any atom is 0.136 e.